The lowest BCUT2D eigenvalue weighted by molar-refractivity contribution is 0.0524. The largest absolute Gasteiger partial charge is 0.493 e. The summed E-state index contributed by atoms with van der Waals surface area (Å²) in [7, 11) is 1.63. The molecule has 194 valence electrons. The Morgan fingerprint density at radius 3 is 2.32 bits per heavy atom. The van der Waals surface area contributed by atoms with Crippen molar-refractivity contribution in [3.63, 3.8) is 0 Å². The van der Waals surface area contributed by atoms with Gasteiger partial charge >= 0.3 is 0 Å². The first kappa shape index (κ1) is 25.2. The molecule has 0 saturated carbocycles. The standard InChI is InChI=1S/C30H31N5O3/c1-21(37-18-22-9-5-3-6-10-22)15-27-33-28-29(31)32-20-35(30(28)34-27)17-24-13-14-25(36-2)26(16-24)38-19-23-11-7-4-8-12-23/h3-14,16,20-21,31H,15,17-19H2,1-2H3,(H,33,34). The molecule has 3 aromatic carbocycles. The molecular formula is C30H31N5O3. The number of aromatic nitrogens is 4. The summed E-state index contributed by atoms with van der Waals surface area (Å²) in [6.45, 7) is 3.53. The van der Waals surface area contributed by atoms with Gasteiger partial charge in [-0.1, -0.05) is 66.7 Å². The molecule has 5 aromatic rings. The van der Waals surface area contributed by atoms with Crippen LogP contribution in [0.15, 0.2) is 85.2 Å². The Morgan fingerprint density at radius 2 is 1.61 bits per heavy atom. The molecule has 5 rings (SSSR count). The molecule has 0 saturated heterocycles. The van der Waals surface area contributed by atoms with Crippen LogP contribution in [0.4, 0.5) is 0 Å². The second-order valence-corrected chi connectivity index (χ2v) is 9.17. The lowest BCUT2D eigenvalue weighted by Gasteiger charge is -2.13. The number of methoxy groups -OCH3 is 1. The third-order valence-electron chi connectivity index (χ3n) is 6.25. The predicted molar refractivity (Wildman–Crippen MR) is 145 cm³/mol. The van der Waals surface area contributed by atoms with E-state index in [0.29, 0.717) is 48.8 Å². The zero-order valence-corrected chi connectivity index (χ0v) is 21.6. The normalized spacial score (nSPS) is 11.9. The van der Waals surface area contributed by atoms with Gasteiger partial charge in [-0.15, -0.1) is 0 Å². The predicted octanol–water partition coefficient (Wildman–Crippen LogP) is 5.02. The zero-order chi connectivity index (χ0) is 26.3. The van der Waals surface area contributed by atoms with Gasteiger partial charge < -0.3 is 23.8 Å². The molecule has 0 bridgehead atoms. The number of benzene rings is 3. The topological polar surface area (TPSA) is 98.0 Å². The van der Waals surface area contributed by atoms with E-state index in [9.17, 15) is 0 Å². The van der Waals surface area contributed by atoms with Gasteiger partial charge in [0.2, 0.25) is 0 Å². The molecule has 0 aliphatic rings. The lowest BCUT2D eigenvalue weighted by atomic mass is 10.2. The highest BCUT2D eigenvalue weighted by atomic mass is 16.5. The van der Waals surface area contributed by atoms with Crippen molar-refractivity contribution in [3.05, 3.63) is 113 Å². The Hall–Kier alpha value is -4.43. The molecular weight excluding hydrogens is 478 g/mol. The van der Waals surface area contributed by atoms with E-state index in [1.165, 1.54) is 0 Å². The molecule has 2 heterocycles. The number of ether oxygens (including phenoxy) is 3. The van der Waals surface area contributed by atoms with E-state index in [4.69, 9.17) is 24.6 Å². The van der Waals surface area contributed by atoms with Crippen molar-refractivity contribution in [3.8, 4) is 11.5 Å². The van der Waals surface area contributed by atoms with Crippen molar-refractivity contribution >= 4 is 11.2 Å². The van der Waals surface area contributed by atoms with Gasteiger partial charge in [0, 0.05) is 6.42 Å². The average Bonchev–Trinajstić information content (AvgIpc) is 3.38. The first-order chi connectivity index (χ1) is 18.6. The van der Waals surface area contributed by atoms with Gasteiger partial charge in [0.05, 0.1) is 32.7 Å². The van der Waals surface area contributed by atoms with Gasteiger partial charge in [-0.2, -0.15) is 0 Å². The third kappa shape index (κ3) is 6.10. The van der Waals surface area contributed by atoms with Crippen LogP contribution >= 0.6 is 0 Å². The number of hydrogen-bond donors (Lipinski definition) is 2. The summed E-state index contributed by atoms with van der Waals surface area (Å²) in [6.07, 6.45) is 2.21. The number of nitrogens with one attached hydrogen (secondary N) is 2. The summed E-state index contributed by atoms with van der Waals surface area (Å²) in [5.74, 6) is 2.10. The quantitative estimate of drug-likeness (QED) is 0.260. The van der Waals surface area contributed by atoms with Crippen molar-refractivity contribution < 1.29 is 14.2 Å². The van der Waals surface area contributed by atoms with Gasteiger partial charge in [0.1, 0.15) is 17.9 Å². The number of aromatic amines is 1. The maximum absolute atomic E-state index is 8.29. The van der Waals surface area contributed by atoms with Gasteiger partial charge in [0.25, 0.3) is 0 Å². The third-order valence-corrected chi connectivity index (χ3v) is 6.25. The van der Waals surface area contributed by atoms with E-state index in [0.717, 1.165) is 22.5 Å². The highest BCUT2D eigenvalue weighted by Crippen LogP contribution is 2.29. The van der Waals surface area contributed by atoms with E-state index in [-0.39, 0.29) is 11.6 Å². The van der Waals surface area contributed by atoms with Crippen LogP contribution in [0.25, 0.3) is 11.2 Å². The van der Waals surface area contributed by atoms with Gasteiger partial charge in [0.15, 0.2) is 22.6 Å². The molecule has 1 atom stereocenters. The van der Waals surface area contributed by atoms with Crippen molar-refractivity contribution in [2.75, 3.05) is 7.11 Å². The number of hydrogen-bond acceptors (Lipinski definition) is 6. The second-order valence-electron chi connectivity index (χ2n) is 9.17. The minimum atomic E-state index is -0.0442. The van der Waals surface area contributed by atoms with E-state index >= 15 is 0 Å². The van der Waals surface area contributed by atoms with Crippen molar-refractivity contribution in [2.45, 2.75) is 39.2 Å². The molecule has 0 aliphatic carbocycles. The number of imidazole rings is 1. The van der Waals surface area contributed by atoms with Crippen LogP contribution in [0.1, 0.15) is 29.4 Å². The SMILES string of the molecule is COc1ccc(Cn2cnc(=N)c3[nH]c(CC(C)OCc4ccccc4)nc32)cc1OCc1ccccc1. The Morgan fingerprint density at radius 1 is 0.895 bits per heavy atom. The average molecular weight is 510 g/mol. The highest BCUT2D eigenvalue weighted by molar-refractivity contribution is 5.69. The van der Waals surface area contributed by atoms with Gasteiger partial charge in [-0.05, 0) is 35.7 Å². The summed E-state index contributed by atoms with van der Waals surface area (Å²) in [5, 5.41) is 8.29. The Kier molecular flexibility index (Phi) is 7.80. The summed E-state index contributed by atoms with van der Waals surface area (Å²) in [5.41, 5.74) is 4.66. The van der Waals surface area contributed by atoms with E-state index in [2.05, 4.69) is 9.97 Å². The molecule has 0 radical (unpaired) electrons. The summed E-state index contributed by atoms with van der Waals surface area (Å²) < 4.78 is 19.6. The van der Waals surface area contributed by atoms with Crippen LogP contribution in [0.5, 0.6) is 11.5 Å². The van der Waals surface area contributed by atoms with Crippen LogP contribution < -0.4 is 15.0 Å². The fourth-order valence-corrected chi connectivity index (χ4v) is 4.25. The Balaban J connectivity index is 1.32. The first-order valence-corrected chi connectivity index (χ1v) is 12.6. The smallest absolute Gasteiger partial charge is 0.173 e. The van der Waals surface area contributed by atoms with E-state index < -0.39 is 0 Å². The number of H-pyrrole nitrogens is 1. The maximum Gasteiger partial charge on any atom is 0.173 e. The fourth-order valence-electron chi connectivity index (χ4n) is 4.25. The van der Waals surface area contributed by atoms with E-state index in [1.807, 2.05) is 90.4 Å². The first-order valence-electron chi connectivity index (χ1n) is 12.6. The number of rotatable bonds is 11. The Bertz CT molecular complexity index is 1550. The minimum absolute atomic E-state index is 0.0442. The van der Waals surface area contributed by atoms with Crippen LogP contribution in [0.2, 0.25) is 0 Å². The van der Waals surface area contributed by atoms with Crippen LogP contribution in [-0.2, 0) is 30.9 Å². The monoisotopic (exact) mass is 509 g/mol. The lowest BCUT2D eigenvalue weighted by Crippen LogP contribution is -2.13. The van der Waals surface area contributed by atoms with Gasteiger partial charge in [-0.3, -0.25) is 5.41 Å². The molecule has 0 spiro atoms. The maximum atomic E-state index is 8.29. The Labute approximate surface area is 221 Å². The molecule has 8 heteroatoms. The molecule has 1 unspecified atom stereocenters. The molecule has 0 amide bonds. The molecule has 0 fully saturated rings. The molecule has 2 aromatic heterocycles. The molecule has 8 nitrogen and oxygen atoms in total. The van der Waals surface area contributed by atoms with E-state index in [1.54, 1.807) is 13.4 Å². The highest BCUT2D eigenvalue weighted by Gasteiger charge is 2.14. The number of nitrogens with zero attached hydrogens (tertiary/aromatic N) is 3. The van der Waals surface area contributed by atoms with Crippen molar-refractivity contribution in [2.24, 2.45) is 0 Å². The molecule has 2 N–H and O–H groups in total. The van der Waals surface area contributed by atoms with Crippen LogP contribution in [0, 0.1) is 5.41 Å². The van der Waals surface area contributed by atoms with Gasteiger partial charge in [-0.25, -0.2) is 9.97 Å². The molecule has 38 heavy (non-hydrogen) atoms. The summed E-state index contributed by atoms with van der Waals surface area (Å²) in [4.78, 5) is 12.4. The van der Waals surface area contributed by atoms with Crippen molar-refractivity contribution in [1.29, 1.82) is 5.41 Å². The second kappa shape index (κ2) is 11.7. The zero-order valence-electron chi connectivity index (χ0n) is 21.6. The summed E-state index contributed by atoms with van der Waals surface area (Å²) >= 11 is 0. The number of fused-ring (bicyclic) bond motifs is 1. The van der Waals surface area contributed by atoms with Crippen LogP contribution in [-0.4, -0.2) is 32.7 Å². The van der Waals surface area contributed by atoms with Crippen LogP contribution in [0.3, 0.4) is 0 Å². The van der Waals surface area contributed by atoms with Crippen molar-refractivity contribution in [1.82, 2.24) is 19.5 Å². The summed E-state index contributed by atoms with van der Waals surface area (Å²) in [6, 6.07) is 26.0. The fraction of sp³-hybridized carbons (Fsp3) is 0.233. The minimum Gasteiger partial charge on any atom is -0.493 e. The molecule has 0 aliphatic heterocycles.